The maximum atomic E-state index is 15.2. The lowest BCUT2D eigenvalue weighted by Crippen LogP contribution is -2.64. The summed E-state index contributed by atoms with van der Waals surface area (Å²) in [5.41, 5.74) is 0. The van der Waals surface area contributed by atoms with Gasteiger partial charge in [0.05, 0.1) is 12.2 Å². The first-order valence-electron chi connectivity index (χ1n) is 34.0. The van der Waals surface area contributed by atoms with Crippen LogP contribution in [-0.2, 0) is 52.7 Å². The van der Waals surface area contributed by atoms with Gasteiger partial charge in [-0.3, -0.25) is 52.7 Å². The van der Waals surface area contributed by atoms with Crippen molar-refractivity contribution in [1.29, 1.82) is 5.26 Å². The van der Waals surface area contributed by atoms with Gasteiger partial charge in [-0.15, -0.1) is 0 Å². The van der Waals surface area contributed by atoms with Crippen LogP contribution in [0.2, 0.25) is 0 Å². The maximum Gasteiger partial charge on any atom is 0.246 e. The quantitative estimate of drug-likeness (QED) is 0.139. The highest BCUT2D eigenvalue weighted by atomic mass is 16.3. The number of nitriles is 1. The molecule has 0 radical (unpaired) electrons. The van der Waals surface area contributed by atoms with Crippen LogP contribution in [0.1, 0.15) is 175 Å². The van der Waals surface area contributed by atoms with Crippen LogP contribution in [0.15, 0.2) is 0 Å². The molecule has 2 saturated heterocycles. The molecule has 5 N–H and O–H groups in total. The predicted molar refractivity (Wildman–Crippen MR) is 358 cm³/mol. The number of piperidine rings is 1. The minimum atomic E-state index is -1.61. The molecule has 0 spiro atoms. The molecule has 0 aromatic heterocycles. The van der Waals surface area contributed by atoms with E-state index in [0.717, 1.165) is 4.90 Å². The molecule has 14 atom stereocenters. The highest BCUT2D eigenvalue weighted by Gasteiger charge is 2.46. The molecule has 2 aliphatic rings. The van der Waals surface area contributed by atoms with Crippen LogP contribution in [0.5, 0.6) is 0 Å². The molecule has 25 heteroatoms. The number of amides is 11. The van der Waals surface area contributed by atoms with Crippen molar-refractivity contribution in [1.82, 2.24) is 60.5 Å². The van der Waals surface area contributed by atoms with Gasteiger partial charge in [-0.2, -0.15) is 5.26 Å². The van der Waals surface area contributed by atoms with Gasteiger partial charge in [0.2, 0.25) is 65.0 Å². The topological polar surface area (TPSA) is 306 Å². The monoisotopic (exact) mass is 1310 g/mol. The van der Waals surface area contributed by atoms with E-state index in [4.69, 9.17) is 0 Å². The van der Waals surface area contributed by atoms with Crippen molar-refractivity contribution in [2.24, 2.45) is 47.3 Å². The van der Waals surface area contributed by atoms with Gasteiger partial charge in [-0.05, 0) is 133 Å². The van der Waals surface area contributed by atoms with Crippen molar-refractivity contribution >= 4 is 65.0 Å². The largest absolute Gasteiger partial charge is 0.390 e. The van der Waals surface area contributed by atoms with Gasteiger partial charge >= 0.3 is 0 Å². The van der Waals surface area contributed by atoms with E-state index < -0.39 is 161 Å². The first-order valence-corrected chi connectivity index (χ1v) is 34.0. The van der Waals surface area contributed by atoms with E-state index in [0.29, 0.717) is 51.7 Å². The summed E-state index contributed by atoms with van der Waals surface area (Å²) in [5.74, 6) is -10.0. The van der Waals surface area contributed by atoms with E-state index in [1.165, 1.54) is 99.5 Å². The minimum Gasteiger partial charge on any atom is -0.390 e. The molecule has 0 aromatic carbocycles. The molecular weight excluding hydrogens is 1190 g/mol. The number of carbonyl (C=O) groups excluding carboxylic acids is 11. The van der Waals surface area contributed by atoms with Gasteiger partial charge in [0.15, 0.2) is 0 Å². The number of nitrogens with zero attached hydrogens (tertiary/aromatic N) is 9. The van der Waals surface area contributed by atoms with E-state index >= 15 is 19.2 Å². The molecule has 0 unspecified atom stereocenters. The smallest absolute Gasteiger partial charge is 0.246 e. The Labute approximate surface area is 556 Å². The molecule has 2 heterocycles. The maximum absolute atomic E-state index is 15.2. The lowest BCUT2D eigenvalue weighted by molar-refractivity contribution is -0.157. The Balaban J connectivity index is 3.02. The summed E-state index contributed by atoms with van der Waals surface area (Å²) < 4.78 is 0. The van der Waals surface area contributed by atoms with Crippen LogP contribution in [0.3, 0.4) is 0 Å². The molecule has 11 amide bonds. The first-order chi connectivity index (χ1) is 43.1. The highest BCUT2D eigenvalue weighted by molar-refractivity contribution is 6.00. The second-order valence-electron chi connectivity index (χ2n) is 28.7. The molecule has 93 heavy (non-hydrogen) atoms. The van der Waals surface area contributed by atoms with E-state index in [2.05, 4.69) is 32.2 Å². The van der Waals surface area contributed by atoms with Crippen molar-refractivity contribution in [3.63, 3.8) is 0 Å². The van der Waals surface area contributed by atoms with Crippen molar-refractivity contribution in [3.05, 3.63) is 0 Å². The second kappa shape index (κ2) is 37.6. The molecule has 0 aliphatic carbocycles. The number of hydrogen-bond donors (Lipinski definition) is 5. The van der Waals surface area contributed by atoms with Crippen molar-refractivity contribution in [2.75, 3.05) is 69.0 Å². The molecule has 530 valence electrons. The lowest BCUT2D eigenvalue weighted by atomic mass is 9.92. The number of aliphatic hydroxyl groups is 1. The Kier molecular flexibility index (Phi) is 33.4. The first kappa shape index (κ1) is 82.7. The van der Waals surface area contributed by atoms with Crippen LogP contribution >= 0.6 is 0 Å². The Morgan fingerprint density at radius 2 is 0.957 bits per heavy atom. The van der Waals surface area contributed by atoms with Crippen LogP contribution in [0.4, 0.5) is 0 Å². The summed E-state index contributed by atoms with van der Waals surface area (Å²) in [5, 5.41) is 32.8. The third kappa shape index (κ3) is 22.3. The number of aliphatic hydroxyl groups excluding tert-OH is 1. The number of hydrogen-bond acceptors (Lipinski definition) is 14. The molecule has 0 saturated carbocycles. The summed E-state index contributed by atoms with van der Waals surface area (Å²) in [4.78, 5) is 174. The molecule has 2 fully saturated rings. The zero-order valence-electron chi connectivity index (χ0n) is 61.0. The minimum absolute atomic E-state index is 0.00653. The van der Waals surface area contributed by atoms with E-state index in [1.807, 2.05) is 55.4 Å². The average Bonchev–Trinajstić information content (AvgIpc) is 0.829. The number of likely N-dealkylation sites (N-methyl/N-ethyl adjacent to an activating group) is 7. The standard InChI is InChI=1S/C68H121N13O12/c1-25-43(13)57(82)56-61(86)72-49(26-2)64(89)74(18)47(17)63(88)79(23)55(44(14)29-32-81-33-30-48(37-69)31-34-81)60(85)73-53(41(9)10)67(92)75(19)50(28-27-38(3)4)59(84)70-45(15)58(83)71-46(16)62(87)76(20)51(35-39(5)6)65(90)77(21)52(36-40(7)8)66(91)78(22)54(42(11)12)68(93)80(56)24/h38-57,82H,25-36H2,1-24H3,(H,70,84)(H,71,83)(H,72,86)(H,73,85)/t43-,44-,45+,46-,47-,49+,50+,51+,52+,53+,54+,55+,56+,57-/m1/s1. The molecule has 0 bridgehead atoms. The fourth-order valence-electron chi connectivity index (χ4n) is 12.5. The van der Waals surface area contributed by atoms with Crippen molar-refractivity contribution in [2.45, 2.75) is 248 Å². The highest BCUT2D eigenvalue weighted by Crippen LogP contribution is 2.27. The summed E-state index contributed by atoms with van der Waals surface area (Å²) in [7, 11) is 10.0. The van der Waals surface area contributed by atoms with Gasteiger partial charge in [0, 0.05) is 55.3 Å². The zero-order valence-corrected chi connectivity index (χ0v) is 61.0. The number of likely N-dealkylation sites (tertiary alicyclic amines) is 1. The third-order valence-electron chi connectivity index (χ3n) is 19.2. The molecule has 2 rings (SSSR count). The fraction of sp³-hybridized carbons (Fsp3) is 0.824. The summed E-state index contributed by atoms with van der Waals surface area (Å²) in [6, 6.07) is -11.5. The Morgan fingerprint density at radius 1 is 0.484 bits per heavy atom. The van der Waals surface area contributed by atoms with Gasteiger partial charge in [-0.1, -0.05) is 103 Å². The van der Waals surface area contributed by atoms with Gasteiger partial charge < -0.3 is 65.6 Å². The number of carbonyl (C=O) groups is 11. The van der Waals surface area contributed by atoms with Gasteiger partial charge in [0.1, 0.15) is 66.5 Å². The van der Waals surface area contributed by atoms with Gasteiger partial charge in [-0.25, -0.2) is 0 Å². The fourth-order valence-corrected chi connectivity index (χ4v) is 12.5. The van der Waals surface area contributed by atoms with Crippen LogP contribution in [-0.4, -0.2) is 251 Å². The predicted octanol–water partition coefficient (Wildman–Crippen LogP) is 3.71. The Morgan fingerprint density at radius 3 is 1.43 bits per heavy atom. The lowest BCUT2D eigenvalue weighted by Gasteiger charge is -2.41. The van der Waals surface area contributed by atoms with Crippen molar-refractivity contribution in [3.8, 4) is 6.07 Å². The van der Waals surface area contributed by atoms with Crippen LogP contribution in [0.25, 0.3) is 0 Å². The summed E-state index contributed by atoms with van der Waals surface area (Å²) in [6.07, 6.45) is 1.63. The molecular formula is C68H121N13O12. The van der Waals surface area contributed by atoms with Gasteiger partial charge in [0.25, 0.3) is 0 Å². The third-order valence-corrected chi connectivity index (χ3v) is 19.2. The number of nitrogens with one attached hydrogen (secondary N) is 4. The van der Waals surface area contributed by atoms with Crippen LogP contribution < -0.4 is 21.3 Å². The van der Waals surface area contributed by atoms with E-state index in [9.17, 15) is 43.9 Å². The molecule has 2 aliphatic heterocycles. The zero-order chi connectivity index (χ0) is 71.5. The number of rotatable bonds is 17. The van der Waals surface area contributed by atoms with E-state index in [1.54, 1.807) is 41.5 Å². The average molecular weight is 1310 g/mol. The van der Waals surface area contributed by atoms with Crippen LogP contribution in [0, 0.1) is 58.7 Å². The normalized spacial score (nSPS) is 27.9. The Hall–Kier alpha value is -6.42. The Bertz CT molecular complexity index is 2590. The second-order valence-corrected chi connectivity index (χ2v) is 28.7. The summed E-state index contributed by atoms with van der Waals surface area (Å²) in [6.45, 7) is 31.6. The SMILES string of the molecule is CC[C@@H]1NC(=O)[C@H]([C@H](O)[C@H](C)CC)N(C)C(=O)[C@H](C(C)C)N(C)C(=O)[C@H](CC(C)C)N(C)C(=O)[C@H](CC(C)C)N(C)C(=O)[C@@H](C)NC(=O)[C@H](C)NC(=O)[C@H](CCC(C)C)N(C)C(=O)[C@H](C(C)C)NC(=O)[C@H]([C@H](C)CCN2CCC(C#N)CC2)N(C)C(=O)[C@@H](C)N(C)C1=O. The summed E-state index contributed by atoms with van der Waals surface area (Å²) >= 11 is 0. The molecule has 25 nitrogen and oxygen atoms in total. The van der Waals surface area contributed by atoms with Crippen molar-refractivity contribution < 1.29 is 57.8 Å². The van der Waals surface area contributed by atoms with E-state index in [-0.39, 0.29) is 49.4 Å². The molecule has 0 aromatic rings.